The molecule has 0 spiro atoms. The number of carbonyl (C=O) groups is 1. The Labute approximate surface area is 129 Å². The van der Waals surface area contributed by atoms with Crippen LogP contribution in [0.1, 0.15) is 37.3 Å². The number of amides is 1. The van der Waals surface area contributed by atoms with Crippen molar-refractivity contribution in [3.8, 4) is 0 Å². The predicted molar refractivity (Wildman–Crippen MR) is 82.3 cm³/mol. The zero-order valence-electron chi connectivity index (χ0n) is 13.3. The Morgan fingerprint density at radius 3 is 2.82 bits per heavy atom. The molecule has 2 aromatic rings. The fourth-order valence-electron chi connectivity index (χ4n) is 1.93. The first-order valence-electron chi connectivity index (χ1n) is 7.25. The van der Waals surface area contributed by atoms with Gasteiger partial charge in [0.05, 0.1) is 12.6 Å². The minimum absolute atomic E-state index is 0.135. The third-order valence-corrected chi connectivity index (χ3v) is 3.37. The Kier molecular flexibility index (Phi) is 5.21. The molecule has 0 saturated heterocycles. The van der Waals surface area contributed by atoms with E-state index in [0.29, 0.717) is 17.5 Å². The van der Waals surface area contributed by atoms with E-state index in [1.54, 1.807) is 6.07 Å². The van der Waals surface area contributed by atoms with Gasteiger partial charge in [0.25, 0.3) is 0 Å². The number of aromatic nitrogens is 3. The largest absolute Gasteiger partial charge is 0.338 e. The summed E-state index contributed by atoms with van der Waals surface area (Å²) in [5.41, 5.74) is 0.859. The van der Waals surface area contributed by atoms with Gasteiger partial charge in [-0.05, 0) is 33.0 Å². The van der Waals surface area contributed by atoms with Crippen LogP contribution >= 0.6 is 0 Å². The summed E-state index contributed by atoms with van der Waals surface area (Å²) in [7, 11) is 1.84. The fraction of sp³-hybridized carbons (Fsp3) is 0.467. The first-order valence-corrected chi connectivity index (χ1v) is 7.25. The van der Waals surface area contributed by atoms with Crippen LogP contribution in [0.5, 0.6) is 0 Å². The number of hydrogen-bond donors (Lipinski definition) is 1. The van der Waals surface area contributed by atoms with Crippen molar-refractivity contribution in [1.29, 1.82) is 0 Å². The normalized spacial score (nSPS) is 12.4. The van der Waals surface area contributed by atoms with Crippen LogP contribution in [0, 0.1) is 6.92 Å². The van der Waals surface area contributed by atoms with Gasteiger partial charge < -0.3 is 9.84 Å². The van der Waals surface area contributed by atoms with Gasteiger partial charge in [-0.3, -0.25) is 9.69 Å². The average Bonchev–Trinajstić information content (AvgIpc) is 2.95. The third-order valence-electron chi connectivity index (χ3n) is 3.37. The second kappa shape index (κ2) is 7.13. The van der Waals surface area contributed by atoms with Crippen molar-refractivity contribution in [1.82, 2.24) is 20.0 Å². The molecule has 0 aliphatic rings. The lowest BCUT2D eigenvalue weighted by atomic mass is 10.3. The summed E-state index contributed by atoms with van der Waals surface area (Å²) in [6.45, 7) is 5.97. The SMILES string of the molecule is CCc1noc([C@H](C)N(C)CC(=O)Nc2cccc(C)n2)n1. The Bertz CT molecular complexity index is 640. The Morgan fingerprint density at radius 2 is 2.18 bits per heavy atom. The number of nitrogens with one attached hydrogen (secondary N) is 1. The fourth-order valence-corrected chi connectivity index (χ4v) is 1.93. The smallest absolute Gasteiger partial charge is 0.243 e. The maximum Gasteiger partial charge on any atom is 0.243 e. The molecule has 2 rings (SSSR count). The second-order valence-corrected chi connectivity index (χ2v) is 5.21. The van der Waals surface area contributed by atoms with Crippen LogP contribution in [0.2, 0.25) is 0 Å². The van der Waals surface area contributed by atoms with Crippen molar-refractivity contribution in [2.24, 2.45) is 0 Å². The maximum atomic E-state index is 12.1. The first kappa shape index (κ1) is 16.1. The van der Waals surface area contributed by atoms with Gasteiger partial charge >= 0.3 is 0 Å². The topological polar surface area (TPSA) is 84.2 Å². The molecule has 7 nitrogen and oxygen atoms in total. The van der Waals surface area contributed by atoms with Crippen LogP contribution in [0.4, 0.5) is 5.82 Å². The standard InChI is InChI=1S/C15H21N5O2/c1-5-12-18-15(22-19-12)11(3)20(4)9-14(21)17-13-8-6-7-10(2)16-13/h6-8,11H,5,9H2,1-4H3,(H,16,17,21)/t11-/m0/s1. The lowest BCUT2D eigenvalue weighted by Gasteiger charge is -2.20. The quantitative estimate of drug-likeness (QED) is 0.878. The molecule has 0 unspecified atom stereocenters. The lowest BCUT2D eigenvalue weighted by molar-refractivity contribution is -0.117. The first-order chi connectivity index (χ1) is 10.5. The number of carbonyl (C=O) groups excluding carboxylic acids is 1. The van der Waals surface area contributed by atoms with Gasteiger partial charge in [-0.15, -0.1) is 0 Å². The van der Waals surface area contributed by atoms with Crippen LogP contribution < -0.4 is 5.32 Å². The summed E-state index contributed by atoms with van der Waals surface area (Å²) in [5.74, 6) is 1.60. The summed E-state index contributed by atoms with van der Waals surface area (Å²) >= 11 is 0. The van der Waals surface area contributed by atoms with Crippen LogP contribution in [-0.4, -0.2) is 39.5 Å². The van der Waals surface area contributed by atoms with E-state index in [1.807, 2.05) is 44.9 Å². The van der Waals surface area contributed by atoms with E-state index in [2.05, 4.69) is 20.4 Å². The van der Waals surface area contributed by atoms with Gasteiger partial charge in [0.2, 0.25) is 11.8 Å². The van der Waals surface area contributed by atoms with Crippen LogP contribution in [-0.2, 0) is 11.2 Å². The molecule has 118 valence electrons. The number of aryl methyl sites for hydroxylation is 2. The van der Waals surface area contributed by atoms with Crippen LogP contribution in [0.3, 0.4) is 0 Å². The highest BCUT2D eigenvalue weighted by atomic mass is 16.5. The summed E-state index contributed by atoms with van der Waals surface area (Å²) in [6, 6.07) is 5.36. The molecule has 22 heavy (non-hydrogen) atoms. The van der Waals surface area contributed by atoms with E-state index >= 15 is 0 Å². The van der Waals surface area contributed by atoms with Gasteiger partial charge in [0.1, 0.15) is 5.82 Å². The van der Waals surface area contributed by atoms with E-state index in [0.717, 1.165) is 12.1 Å². The average molecular weight is 303 g/mol. The number of rotatable bonds is 6. The molecule has 1 atom stereocenters. The van der Waals surface area contributed by atoms with Crippen molar-refractivity contribution < 1.29 is 9.32 Å². The Morgan fingerprint density at radius 1 is 1.41 bits per heavy atom. The summed E-state index contributed by atoms with van der Waals surface area (Å²) in [5, 5.41) is 6.65. The molecule has 0 radical (unpaired) electrons. The minimum atomic E-state index is -0.136. The monoisotopic (exact) mass is 303 g/mol. The van der Waals surface area contributed by atoms with E-state index in [1.165, 1.54) is 0 Å². The maximum absolute atomic E-state index is 12.1. The van der Waals surface area contributed by atoms with Gasteiger partial charge in [0.15, 0.2) is 5.82 Å². The summed E-state index contributed by atoms with van der Waals surface area (Å²) in [4.78, 5) is 22.5. The minimum Gasteiger partial charge on any atom is -0.338 e. The van der Waals surface area contributed by atoms with E-state index < -0.39 is 0 Å². The number of nitrogens with zero attached hydrogens (tertiary/aromatic N) is 4. The molecule has 7 heteroatoms. The predicted octanol–water partition coefficient (Wildman–Crippen LogP) is 1.97. The zero-order valence-corrected chi connectivity index (χ0v) is 13.3. The molecule has 2 aromatic heterocycles. The molecule has 0 bridgehead atoms. The van der Waals surface area contributed by atoms with Crippen LogP contribution in [0.25, 0.3) is 0 Å². The second-order valence-electron chi connectivity index (χ2n) is 5.21. The van der Waals surface area contributed by atoms with Crippen molar-refractivity contribution in [2.45, 2.75) is 33.2 Å². The van der Waals surface area contributed by atoms with E-state index in [9.17, 15) is 4.79 Å². The molecule has 0 fully saturated rings. The van der Waals surface area contributed by atoms with E-state index in [-0.39, 0.29) is 18.5 Å². The molecule has 0 aliphatic carbocycles. The summed E-state index contributed by atoms with van der Waals surface area (Å²) in [6.07, 6.45) is 0.722. The number of hydrogen-bond acceptors (Lipinski definition) is 6. The van der Waals surface area contributed by atoms with E-state index in [4.69, 9.17) is 4.52 Å². The van der Waals surface area contributed by atoms with Crippen LogP contribution in [0.15, 0.2) is 22.7 Å². The van der Waals surface area contributed by atoms with Gasteiger partial charge in [-0.1, -0.05) is 18.1 Å². The zero-order chi connectivity index (χ0) is 16.1. The van der Waals surface area contributed by atoms with Crippen molar-refractivity contribution in [3.63, 3.8) is 0 Å². The molecular weight excluding hydrogens is 282 g/mol. The molecule has 0 aliphatic heterocycles. The molecule has 0 saturated carbocycles. The van der Waals surface area contributed by atoms with Gasteiger partial charge in [0, 0.05) is 12.1 Å². The number of anilines is 1. The van der Waals surface area contributed by atoms with Gasteiger partial charge in [-0.25, -0.2) is 4.98 Å². The molecular formula is C15H21N5O2. The summed E-state index contributed by atoms with van der Waals surface area (Å²) < 4.78 is 5.21. The lowest BCUT2D eigenvalue weighted by Crippen LogP contribution is -2.32. The Balaban J connectivity index is 1.92. The third kappa shape index (κ3) is 4.11. The molecule has 0 aromatic carbocycles. The van der Waals surface area contributed by atoms with Gasteiger partial charge in [-0.2, -0.15) is 4.98 Å². The molecule has 1 amide bonds. The number of likely N-dealkylation sites (N-methyl/N-ethyl adjacent to an activating group) is 1. The van der Waals surface area contributed by atoms with Crippen molar-refractivity contribution in [3.05, 3.63) is 35.6 Å². The molecule has 1 N–H and O–H groups in total. The molecule has 2 heterocycles. The van der Waals surface area contributed by atoms with Crippen molar-refractivity contribution >= 4 is 11.7 Å². The van der Waals surface area contributed by atoms with Crippen molar-refractivity contribution in [2.75, 3.05) is 18.9 Å². The highest BCUT2D eigenvalue weighted by Gasteiger charge is 2.20. The number of pyridine rings is 1. The Hall–Kier alpha value is -2.28. The highest BCUT2D eigenvalue weighted by molar-refractivity contribution is 5.91. The highest BCUT2D eigenvalue weighted by Crippen LogP contribution is 2.16.